The van der Waals surface area contributed by atoms with Gasteiger partial charge in [-0.25, -0.2) is 0 Å². The first-order chi connectivity index (χ1) is 13.2. The van der Waals surface area contributed by atoms with Crippen molar-refractivity contribution >= 4 is 36.7 Å². The van der Waals surface area contributed by atoms with Crippen molar-refractivity contribution in [1.82, 2.24) is 0 Å². The molecule has 0 spiro atoms. The van der Waals surface area contributed by atoms with Crippen LogP contribution >= 0.6 is 15.8 Å². The zero-order valence-electron chi connectivity index (χ0n) is 19.4. The second-order valence-corrected chi connectivity index (χ2v) is 16.9. The Morgan fingerprint density at radius 3 is 1.11 bits per heavy atom. The Hall–Kier alpha value is -0.483. The maximum atomic E-state index is 2.43. The summed E-state index contributed by atoms with van der Waals surface area (Å²) in [4.78, 5) is 0. The summed E-state index contributed by atoms with van der Waals surface area (Å²) >= 11 is 0. The summed E-state index contributed by atoms with van der Waals surface area (Å²) in [6.07, 6.45) is 0. The van der Waals surface area contributed by atoms with E-state index in [-0.39, 0.29) is 15.8 Å². The second-order valence-electron chi connectivity index (χ2n) is 9.03. The number of rotatable bonds is 8. The third-order valence-electron chi connectivity index (χ3n) is 5.59. The number of benzene rings is 2. The van der Waals surface area contributed by atoms with Crippen molar-refractivity contribution in [1.29, 1.82) is 0 Å². The summed E-state index contributed by atoms with van der Waals surface area (Å²) in [7, 11) is 0.878. The summed E-state index contributed by atoms with van der Waals surface area (Å²) in [6, 6.07) is 18.8. The molecule has 0 heterocycles. The van der Waals surface area contributed by atoms with Crippen LogP contribution in [0.15, 0.2) is 48.5 Å². The molecule has 28 heavy (non-hydrogen) atoms. The van der Waals surface area contributed by atoms with Gasteiger partial charge in [0.1, 0.15) is 0 Å². The average molecular weight is 431 g/mol. The van der Waals surface area contributed by atoms with Crippen molar-refractivity contribution in [2.45, 2.75) is 83.6 Å². The third-order valence-corrected chi connectivity index (χ3v) is 13.2. The fourth-order valence-electron chi connectivity index (χ4n) is 4.65. The molecule has 2 aromatic carbocycles. The van der Waals surface area contributed by atoms with E-state index in [4.69, 9.17) is 0 Å². The van der Waals surface area contributed by atoms with Crippen molar-refractivity contribution in [3.8, 4) is 0 Å². The Morgan fingerprint density at radius 2 is 0.821 bits per heavy atom. The molecule has 0 bridgehead atoms. The van der Waals surface area contributed by atoms with Gasteiger partial charge in [-0.1, -0.05) is 120 Å². The average Bonchev–Trinajstić information content (AvgIpc) is 2.61. The highest BCUT2D eigenvalue weighted by atomic mass is 31.1. The third kappa shape index (κ3) is 5.36. The molecule has 0 saturated heterocycles. The van der Waals surface area contributed by atoms with Crippen LogP contribution in [-0.2, 0) is 0 Å². The largest absolute Gasteiger partial charge is 0.0698 e. The van der Waals surface area contributed by atoms with Gasteiger partial charge in [-0.2, -0.15) is 0 Å². The van der Waals surface area contributed by atoms with E-state index in [0.29, 0.717) is 5.54 Å². The molecule has 2 rings (SSSR count). The summed E-state index contributed by atoms with van der Waals surface area (Å²) in [6.45, 7) is 19.3. The molecule has 0 aliphatic carbocycles. The van der Waals surface area contributed by atoms with Crippen LogP contribution in [-0.4, -0.2) is 32.9 Å². The molecule has 0 unspecified atom stereocenters. The van der Waals surface area contributed by atoms with E-state index in [2.05, 4.69) is 104 Å². The van der Waals surface area contributed by atoms with Crippen molar-refractivity contribution in [2.24, 2.45) is 0 Å². The lowest BCUT2D eigenvalue weighted by molar-refractivity contribution is 1.01. The van der Waals surface area contributed by atoms with Gasteiger partial charge in [0.05, 0.1) is 0 Å². The van der Waals surface area contributed by atoms with Crippen molar-refractivity contribution in [2.75, 3.05) is 0 Å². The summed E-state index contributed by atoms with van der Waals surface area (Å²) in [5, 5.41) is 3.30. The van der Waals surface area contributed by atoms with E-state index in [1.54, 1.807) is 21.7 Å². The van der Waals surface area contributed by atoms with Gasteiger partial charge in [0, 0.05) is 10.2 Å². The van der Waals surface area contributed by atoms with Crippen molar-refractivity contribution in [3.05, 3.63) is 59.7 Å². The Kier molecular flexibility index (Phi) is 8.94. The lowest BCUT2D eigenvalue weighted by atomic mass is 10.0. The first-order valence-corrected chi connectivity index (χ1v) is 15.0. The number of hydrogen-bond donors (Lipinski definition) is 0. The minimum Gasteiger partial charge on any atom is -0.0698 e. The lowest BCUT2D eigenvalue weighted by Crippen LogP contribution is -2.25. The van der Waals surface area contributed by atoms with Gasteiger partial charge in [-0.15, -0.1) is 0 Å². The van der Waals surface area contributed by atoms with Crippen LogP contribution in [0, 0.1) is 0 Å². The van der Waals surface area contributed by atoms with E-state index < -0.39 is 0 Å². The topological polar surface area (TPSA) is 0 Å². The highest BCUT2D eigenvalue weighted by Crippen LogP contribution is 2.49. The van der Waals surface area contributed by atoms with Crippen molar-refractivity contribution in [3.63, 3.8) is 0 Å². The van der Waals surface area contributed by atoms with E-state index in [9.17, 15) is 0 Å². The molecule has 0 aliphatic heterocycles. The highest BCUT2D eigenvalue weighted by molar-refractivity contribution is 7.67. The minimum atomic E-state index is -0.140. The quantitative estimate of drug-likeness (QED) is 0.356. The van der Waals surface area contributed by atoms with Crippen LogP contribution < -0.4 is 10.6 Å². The summed E-state index contributed by atoms with van der Waals surface area (Å²) in [5.41, 5.74) is 6.70. The Bertz CT molecular complexity index is 672. The maximum Gasteiger partial charge on any atom is 0.0179 e. The number of hydrogen-bond acceptors (Lipinski definition) is 0. The predicted molar refractivity (Wildman–Crippen MR) is 138 cm³/mol. The van der Waals surface area contributed by atoms with Gasteiger partial charge in [-0.05, 0) is 49.9 Å². The summed E-state index contributed by atoms with van der Waals surface area (Å²) < 4.78 is 0. The normalized spacial score (nSPS) is 12.7. The molecule has 0 N–H and O–H groups in total. The molecule has 0 aliphatic rings. The molecule has 0 saturated carbocycles. The monoisotopic (exact) mass is 430 g/mol. The highest BCUT2D eigenvalue weighted by Gasteiger charge is 2.27. The fraction of sp³-hybridized carbons (Fsp3) is 0.520. The van der Waals surface area contributed by atoms with Crippen LogP contribution in [0.25, 0.3) is 0 Å². The zero-order chi connectivity index (χ0) is 21.0. The SMILES string of the molecule is CC(C)P(c1ccccc1C([SiH3])c1ccccc1P(C(C)C)C(C)C)C(C)C. The zero-order valence-corrected chi connectivity index (χ0v) is 23.2. The molecule has 0 amide bonds. The Labute approximate surface area is 179 Å². The molecule has 0 fully saturated rings. The molecule has 0 atom stereocenters. The molecule has 3 heteroatoms. The van der Waals surface area contributed by atoms with Crippen LogP contribution in [0.4, 0.5) is 0 Å². The van der Waals surface area contributed by atoms with Crippen molar-refractivity contribution < 1.29 is 0 Å². The molecular formula is C25H40P2Si. The van der Waals surface area contributed by atoms with Gasteiger partial charge in [0.2, 0.25) is 0 Å². The van der Waals surface area contributed by atoms with Crippen LogP contribution in [0.1, 0.15) is 72.1 Å². The van der Waals surface area contributed by atoms with Gasteiger partial charge in [-0.3, -0.25) is 0 Å². The van der Waals surface area contributed by atoms with Gasteiger partial charge >= 0.3 is 0 Å². The molecule has 0 aromatic heterocycles. The van der Waals surface area contributed by atoms with E-state index >= 15 is 0 Å². The Morgan fingerprint density at radius 1 is 0.536 bits per heavy atom. The second kappa shape index (κ2) is 10.5. The minimum absolute atomic E-state index is 0.140. The maximum absolute atomic E-state index is 2.43. The molecular weight excluding hydrogens is 390 g/mol. The van der Waals surface area contributed by atoms with Crippen LogP contribution in [0.3, 0.4) is 0 Å². The smallest absolute Gasteiger partial charge is 0.0179 e. The van der Waals surface area contributed by atoms with E-state index in [1.165, 1.54) is 0 Å². The van der Waals surface area contributed by atoms with Gasteiger partial charge in [0.25, 0.3) is 0 Å². The fourth-order valence-corrected chi connectivity index (χ4v) is 12.4. The molecule has 0 nitrogen and oxygen atoms in total. The predicted octanol–water partition coefficient (Wildman–Crippen LogP) is 5.99. The standard InChI is InChI=1S/C25H40P2Si/c1-17(2)26(18(3)4)23-15-11-9-13-21(23)25(28)22-14-10-12-16-24(22)27(19(5)6)20(7)8/h9-20,25H,1-8,28H3. The van der Waals surface area contributed by atoms with Gasteiger partial charge in [0.15, 0.2) is 0 Å². The van der Waals surface area contributed by atoms with E-state index in [1.807, 2.05) is 0 Å². The first kappa shape index (κ1) is 23.8. The lowest BCUT2D eigenvalue weighted by Gasteiger charge is -2.33. The Balaban J connectivity index is 2.59. The summed E-state index contributed by atoms with van der Waals surface area (Å²) in [5.74, 6) is 0. The van der Waals surface area contributed by atoms with E-state index in [0.717, 1.165) is 32.9 Å². The molecule has 0 radical (unpaired) electrons. The van der Waals surface area contributed by atoms with Gasteiger partial charge < -0.3 is 0 Å². The van der Waals surface area contributed by atoms with Crippen LogP contribution in [0.2, 0.25) is 0 Å². The molecule has 154 valence electrons. The van der Waals surface area contributed by atoms with Crippen LogP contribution in [0.5, 0.6) is 0 Å². The first-order valence-electron chi connectivity index (χ1n) is 10.9. The molecule has 2 aromatic rings.